The number of aldehydes is 1. The van der Waals surface area contributed by atoms with E-state index >= 15 is 0 Å². The van der Waals surface area contributed by atoms with Crippen LogP contribution in [0.25, 0.3) is 11.1 Å². The molecule has 10 nitrogen and oxygen atoms in total. The summed E-state index contributed by atoms with van der Waals surface area (Å²) in [4.78, 5) is 47.0. The number of hydrogen-bond acceptors (Lipinski definition) is 8. The average Bonchev–Trinajstić information content (AvgIpc) is 3.11. The molecule has 2 aromatic carbocycles. The number of H-pyrrole nitrogens is 1. The molecule has 10 heteroatoms. The van der Waals surface area contributed by atoms with Crippen LogP contribution in [0.3, 0.4) is 0 Å². The van der Waals surface area contributed by atoms with Crippen molar-refractivity contribution in [2.75, 3.05) is 58.2 Å². The van der Waals surface area contributed by atoms with Crippen LogP contribution in [0.5, 0.6) is 5.75 Å². The Morgan fingerprint density at radius 2 is 1.73 bits per heavy atom. The van der Waals surface area contributed by atoms with Gasteiger partial charge in [-0.25, -0.2) is 0 Å². The first-order valence-electron chi connectivity index (χ1n) is 17.5. The van der Waals surface area contributed by atoms with Crippen molar-refractivity contribution in [1.82, 2.24) is 15.2 Å². The van der Waals surface area contributed by atoms with Crippen LogP contribution >= 0.6 is 0 Å². The topological polar surface area (TPSA) is 116 Å². The smallest absolute Gasteiger partial charge is 0.256 e. The molecule has 1 aliphatic heterocycles. The predicted octanol–water partition coefficient (Wildman–Crippen LogP) is 5.59. The van der Waals surface area contributed by atoms with Crippen LogP contribution < -0.4 is 25.8 Å². The van der Waals surface area contributed by atoms with E-state index in [0.29, 0.717) is 60.7 Å². The summed E-state index contributed by atoms with van der Waals surface area (Å²) in [5.74, 6) is 0.179. The van der Waals surface area contributed by atoms with Crippen molar-refractivity contribution >= 4 is 23.6 Å². The van der Waals surface area contributed by atoms with Crippen LogP contribution in [0, 0.1) is 13.8 Å². The summed E-state index contributed by atoms with van der Waals surface area (Å²) < 4.78 is 11.1. The van der Waals surface area contributed by atoms with Crippen LogP contribution in [0.1, 0.15) is 78.2 Å². The Bertz CT molecular complexity index is 1700. The Hall–Kier alpha value is -4.15. The monoisotopic (exact) mass is 671 g/mol. The van der Waals surface area contributed by atoms with Gasteiger partial charge in [-0.2, -0.15) is 0 Å². The molecule has 5 rings (SSSR count). The van der Waals surface area contributed by atoms with E-state index < -0.39 is 5.41 Å². The van der Waals surface area contributed by atoms with Gasteiger partial charge in [0.05, 0.1) is 24.6 Å². The number of methoxy groups -OCH3 is 1. The highest BCUT2D eigenvalue weighted by molar-refractivity contribution is 5.99. The third-order valence-corrected chi connectivity index (χ3v) is 10.8. The summed E-state index contributed by atoms with van der Waals surface area (Å²) in [6.45, 7) is 7.93. The molecule has 0 bridgehead atoms. The minimum absolute atomic E-state index is 0.0265. The second kappa shape index (κ2) is 15.6. The summed E-state index contributed by atoms with van der Waals surface area (Å²) in [6.07, 6.45) is 6.77. The lowest BCUT2D eigenvalue weighted by Crippen LogP contribution is -2.42. The van der Waals surface area contributed by atoms with Gasteiger partial charge in [-0.3, -0.25) is 9.59 Å². The molecule has 0 spiro atoms. The van der Waals surface area contributed by atoms with Gasteiger partial charge >= 0.3 is 0 Å². The number of nitrogens with one attached hydrogen (secondary N) is 3. The fourth-order valence-corrected chi connectivity index (χ4v) is 7.76. The normalized spacial score (nSPS) is 18.9. The lowest BCUT2D eigenvalue weighted by Gasteiger charge is -2.40. The van der Waals surface area contributed by atoms with E-state index in [1.165, 1.54) is 7.11 Å². The number of amides is 1. The second-order valence-electron chi connectivity index (χ2n) is 13.8. The molecule has 0 atom stereocenters. The van der Waals surface area contributed by atoms with Gasteiger partial charge in [0.15, 0.2) is 0 Å². The second-order valence-corrected chi connectivity index (χ2v) is 13.8. The van der Waals surface area contributed by atoms with Gasteiger partial charge in [-0.05, 0) is 120 Å². The van der Waals surface area contributed by atoms with Gasteiger partial charge in [0.2, 0.25) is 0 Å². The molecule has 1 saturated heterocycles. The number of carbonyl (C=O) groups is 2. The third-order valence-electron chi connectivity index (χ3n) is 10.8. The van der Waals surface area contributed by atoms with Gasteiger partial charge < -0.3 is 39.7 Å². The first-order valence-corrected chi connectivity index (χ1v) is 17.5. The van der Waals surface area contributed by atoms with Crippen molar-refractivity contribution in [3.63, 3.8) is 0 Å². The van der Waals surface area contributed by atoms with Gasteiger partial charge in [0.1, 0.15) is 12.0 Å². The maximum absolute atomic E-state index is 14.1. The standard InChI is InChI=1S/C39H53N5O5/c1-8-44(30-12-10-29(11-13-30)43(5)6)35-22-28(27-9-14-33(34(21-27)40-4)39(24-45)15-17-49-18-16-39)20-31(26(35)3)37(46)41-23-32-36(48-7)19-25(2)42-38(32)47/h9,14,19-22,24,29-30,40H,8,10-13,15-18,23H2,1-7H3,(H,41,46)(H,42,47). The van der Waals surface area contributed by atoms with Gasteiger partial charge in [0, 0.05) is 61.5 Å². The Morgan fingerprint density at radius 3 is 2.35 bits per heavy atom. The number of nitrogens with zero attached hydrogens (tertiary/aromatic N) is 2. The van der Waals surface area contributed by atoms with Crippen LogP contribution in [0.4, 0.5) is 11.4 Å². The van der Waals surface area contributed by atoms with E-state index in [0.717, 1.165) is 72.1 Å². The number of aromatic nitrogens is 1. The molecule has 2 fully saturated rings. The fourth-order valence-electron chi connectivity index (χ4n) is 7.76. The number of aryl methyl sites for hydroxylation is 1. The van der Waals surface area contributed by atoms with E-state index in [1.807, 2.05) is 20.0 Å². The van der Waals surface area contributed by atoms with Crippen LogP contribution in [0.2, 0.25) is 0 Å². The highest BCUT2D eigenvalue weighted by atomic mass is 16.5. The third kappa shape index (κ3) is 7.55. The largest absolute Gasteiger partial charge is 0.496 e. The number of aromatic amines is 1. The van der Waals surface area contributed by atoms with Crippen LogP contribution in [-0.2, 0) is 21.5 Å². The van der Waals surface area contributed by atoms with Crippen molar-refractivity contribution < 1.29 is 19.1 Å². The Balaban J connectivity index is 1.56. The van der Waals surface area contributed by atoms with Crippen molar-refractivity contribution in [1.29, 1.82) is 0 Å². The zero-order valence-electron chi connectivity index (χ0n) is 30.2. The summed E-state index contributed by atoms with van der Waals surface area (Å²) in [5.41, 5.74) is 6.37. The molecule has 264 valence electrons. The molecule has 2 heterocycles. The van der Waals surface area contributed by atoms with Crippen molar-refractivity contribution in [3.8, 4) is 16.9 Å². The van der Waals surface area contributed by atoms with E-state index in [1.54, 1.807) is 13.0 Å². The zero-order valence-corrected chi connectivity index (χ0v) is 30.2. The van der Waals surface area contributed by atoms with E-state index in [-0.39, 0.29) is 18.0 Å². The quantitative estimate of drug-likeness (QED) is 0.214. The fraction of sp³-hybridized carbons (Fsp3) is 0.513. The van der Waals surface area contributed by atoms with Gasteiger partial charge in [0.25, 0.3) is 11.5 Å². The Morgan fingerprint density at radius 1 is 1.04 bits per heavy atom. The number of pyridine rings is 1. The molecule has 1 amide bonds. The Kier molecular flexibility index (Phi) is 11.5. The highest BCUT2D eigenvalue weighted by Gasteiger charge is 2.36. The Labute approximate surface area is 290 Å². The SMILES string of the molecule is CCN(c1cc(-c2ccc(C3(C=O)CCOCC3)c(NC)c2)cc(C(=O)NCc2c(OC)cc(C)[nH]c2=O)c1C)C1CCC(N(C)C)CC1. The van der Waals surface area contributed by atoms with Crippen molar-refractivity contribution in [3.05, 3.63) is 74.7 Å². The molecule has 0 radical (unpaired) electrons. The molecule has 1 aromatic heterocycles. The first kappa shape index (κ1) is 36.1. The van der Waals surface area contributed by atoms with Gasteiger partial charge in [-0.15, -0.1) is 0 Å². The molecule has 49 heavy (non-hydrogen) atoms. The molecule has 1 saturated carbocycles. The molecular formula is C39H53N5O5. The maximum Gasteiger partial charge on any atom is 0.256 e. The van der Waals surface area contributed by atoms with Crippen LogP contribution in [-0.4, -0.2) is 82.2 Å². The van der Waals surface area contributed by atoms with E-state index in [4.69, 9.17) is 9.47 Å². The summed E-state index contributed by atoms with van der Waals surface area (Å²) in [5, 5.41) is 6.36. The molecule has 2 aliphatic rings. The van der Waals surface area contributed by atoms with Crippen molar-refractivity contribution in [2.24, 2.45) is 0 Å². The molecule has 3 N–H and O–H groups in total. The van der Waals surface area contributed by atoms with E-state index in [2.05, 4.69) is 70.7 Å². The number of carbonyl (C=O) groups excluding carboxylic acids is 2. The zero-order chi connectivity index (χ0) is 35.3. The number of hydrogen-bond donors (Lipinski definition) is 3. The summed E-state index contributed by atoms with van der Waals surface area (Å²) in [7, 11) is 7.72. The highest BCUT2D eigenvalue weighted by Crippen LogP contribution is 2.41. The molecule has 1 aliphatic carbocycles. The lowest BCUT2D eigenvalue weighted by atomic mass is 9.74. The summed E-state index contributed by atoms with van der Waals surface area (Å²) in [6, 6.07) is 13.0. The number of rotatable bonds is 12. The molecule has 0 unspecified atom stereocenters. The van der Waals surface area contributed by atoms with Crippen molar-refractivity contribution in [2.45, 2.75) is 83.3 Å². The maximum atomic E-state index is 14.1. The minimum atomic E-state index is -0.599. The minimum Gasteiger partial charge on any atom is -0.496 e. The van der Waals surface area contributed by atoms with E-state index in [9.17, 15) is 14.4 Å². The van der Waals surface area contributed by atoms with Crippen LogP contribution in [0.15, 0.2) is 41.2 Å². The van der Waals surface area contributed by atoms with Gasteiger partial charge in [-0.1, -0.05) is 12.1 Å². The summed E-state index contributed by atoms with van der Waals surface area (Å²) >= 11 is 0. The number of ether oxygens (including phenoxy) is 2. The number of benzene rings is 2. The predicted molar refractivity (Wildman–Crippen MR) is 196 cm³/mol. The number of anilines is 2. The first-order chi connectivity index (χ1) is 23.5. The lowest BCUT2D eigenvalue weighted by molar-refractivity contribution is -0.115. The average molecular weight is 672 g/mol. The molecular weight excluding hydrogens is 618 g/mol. The molecule has 3 aromatic rings.